The molecule has 5 nitrogen and oxygen atoms in total. The van der Waals surface area contributed by atoms with Gasteiger partial charge >= 0.3 is 0 Å². The molecule has 0 fully saturated rings. The molecule has 0 radical (unpaired) electrons. The topological polar surface area (TPSA) is 57.2 Å². The maximum atomic E-state index is 10.3. The molecule has 1 unspecified atom stereocenters. The number of aliphatic hydroxyl groups is 1. The van der Waals surface area contributed by atoms with Crippen molar-refractivity contribution < 1.29 is 24.1 Å². The van der Waals surface area contributed by atoms with Crippen molar-refractivity contribution in [2.24, 2.45) is 0 Å². The Kier molecular flexibility index (Phi) is 7.16. The van der Waals surface area contributed by atoms with Crippen LogP contribution < -0.4 is 18.9 Å². The number of methoxy groups -OCH3 is 4. The van der Waals surface area contributed by atoms with Crippen molar-refractivity contribution in [3.8, 4) is 23.0 Å². The van der Waals surface area contributed by atoms with E-state index in [0.717, 1.165) is 11.1 Å². The van der Waals surface area contributed by atoms with E-state index in [1.165, 1.54) is 0 Å². The smallest absolute Gasteiger partial charge is 0.161 e. The van der Waals surface area contributed by atoms with E-state index < -0.39 is 6.10 Å². The first-order chi connectivity index (χ1) is 12.6. The molecular weight excluding hydrogens is 332 g/mol. The third-order valence-corrected chi connectivity index (χ3v) is 4.60. The number of hydrogen-bond donors (Lipinski definition) is 1. The molecule has 0 saturated heterocycles. The van der Waals surface area contributed by atoms with E-state index in [0.29, 0.717) is 35.8 Å². The van der Waals surface area contributed by atoms with Crippen molar-refractivity contribution >= 4 is 0 Å². The third kappa shape index (κ3) is 4.41. The minimum Gasteiger partial charge on any atom is -0.493 e. The van der Waals surface area contributed by atoms with Crippen LogP contribution in [-0.2, 0) is 0 Å². The zero-order chi connectivity index (χ0) is 19.1. The molecule has 2 aromatic rings. The molecule has 1 atom stereocenters. The second kappa shape index (κ2) is 9.34. The summed E-state index contributed by atoms with van der Waals surface area (Å²) in [5.74, 6) is 2.68. The van der Waals surface area contributed by atoms with Gasteiger partial charge in [0.2, 0.25) is 0 Å². The zero-order valence-corrected chi connectivity index (χ0v) is 16.1. The fourth-order valence-corrected chi connectivity index (χ4v) is 3.04. The SMILES string of the molecule is CCC(O)CC(c1ccc(OC)c(OC)c1)c1ccc(OC)c(OC)c1. The summed E-state index contributed by atoms with van der Waals surface area (Å²) >= 11 is 0. The van der Waals surface area contributed by atoms with Crippen molar-refractivity contribution in [3.05, 3.63) is 47.5 Å². The zero-order valence-electron chi connectivity index (χ0n) is 16.1. The Morgan fingerprint density at radius 2 is 1.15 bits per heavy atom. The van der Waals surface area contributed by atoms with Crippen LogP contribution in [0, 0.1) is 0 Å². The second-order valence-electron chi connectivity index (χ2n) is 6.08. The van der Waals surface area contributed by atoms with Crippen LogP contribution in [0.2, 0.25) is 0 Å². The summed E-state index contributed by atoms with van der Waals surface area (Å²) in [5, 5.41) is 10.3. The van der Waals surface area contributed by atoms with Crippen LogP contribution in [0.25, 0.3) is 0 Å². The Morgan fingerprint density at radius 3 is 1.50 bits per heavy atom. The van der Waals surface area contributed by atoms with Crippen LogP contribution in [-0.4, -0.2) is 39.6 Å². The van der Waals surface area contributed by atoms with Gasteiger partial charge in [0.1, 0.15) is 0 Å². The van der Waals surface area contributed by atoms with Crippen molar-refractivity contribution in [1.29, 1.82) is 0 Å². The highest BCUT2D eigenvalue weighted by Gasteiger charge is 2.21. The van der Waals surface area contributed by atoms with Crippen molar-refractivity contribution in [2.75, 3.05) is 28.4 Å². The van der Waals surface area contributed by atoms with E-state index in [2.05, 4.69) is 0 Å². The lowest BCUT2D eigenvalue weighted by atomic mass is 9.85. The number of benzene rings is 2. The van der Waals surface area contributed by atoms with Gasteiger partial charge in [-0.1, -0.05) is 19.1 Å². The maximum absolute atomic E-state index is 10.3. The Bertz CT molecular complexity index is 658. The molecule has 0 aliphatic heterocycles. The van der Waals surface area contributed by atoms with Crippen LogP contribution in [0.15, 0.2) is 36.4 Å². The molecule has 0 aromatic heterocycles. The molecule has 0 heterocycles. The third-order valence-electron chi connectivity index (χ3n) is 4.60. The van der Waals surface area contributed by atoms with Crippen molar-refractivity contribution in [3.63, 3.8) is 0 Å². The van der Waals surface area contributed by atoms with Crippen LogP contribution in [0.4, 0.5) is 0 Å². The average molecular weight is 360 g/mol. The quantitative estimate of drug-likeness (QED) is 0.732. The number of ether oxygens (including phenoxy) is 4. The molecule has 26 heavy (non-hydrogen) atoms. The molecule has 0 aliphatic carbocycles. The fourth-order valence-electron chi connectivity index (χ4n) is 3.04. The fraction of sp³-hybridized carbons (Fsp3) is 0.429. The van der Waals surface area contributed by atoms with Gasteiger partial charge in [0.05, 0.1) is 34.5 Å². The molecule has 0 amide bonds. The Hall–Kier alpha value is -2.40. The number of rotatable bonds is 9. The summed E-state index contributed by atoms with van der Waals surface area (Å²) in [4.78, 5) is 0. The molecule has 142 valence electrons. The molecule has 0 aliphatic rings. The minimum atomic E-state index is -0.402. The van der Waals surface area contributed by atoms with Gasteiger partial charge in [-0.2, -0.15) is 0 Å². The lowest BCUT2D eigenvalue weighted by molar-refractivity contribution is 0.155. The van der Waals surface area contributed by atoms with E-state index in [4.69, 9.17) is 18.9 Å². The Labute approximate surface area is 155 Å². The monoisotopic (exact) mass is 360 g/mol. The first-order valence-electron chi connectivity index (χ1n) is 8.69. The lowest BCUT2D eigenvalue weighted by Gasteiger charge is -2.23. The summed E-state index contributed by atoms with van der Waals surface area (Å²) < 4.78 is 21.6. The summed E-state index contributed by atoms with van der Waals surface area (Å²) in [6.07, 6.45) is 0.889. The van der Waals surface area contributed by atoms with Crippen LogP contribution in [0.1, 0.15) is 36.8 Å². The first-order valence-corrected chi connectivity index (χ1v) is 8.69. The first kappa shape index (κ1) is 19.9. The van der Waals surface area contributed by atoms with Gasteiger partial charge in [-0.25, -0.2) is 0 Å². The highest BCUT2D eigenvalue weighted by atomic mass is 16.5. The van der Waals surface area contributed by atoms with Gasteiger partial charge in [-0.3, -0.25) is 0 Å². The molecule has 1 N–H and O–H groups in total. The van der Waals surface area contributed by atoms with Gasteiger partial charge in [0.15, 0.2) is 23.0 Å². The molecule has 0 bridgehead atoms. The highest BCUT2D eigenvalue weighted by molar-refractivity contribution is 5.49. The van der Waals surface area contributed by atoms with Gasteiger partial charge in [0.25, 0.3) is 0 Å². The van der Waals surface area contributed by atoms with Crippen LogP contribution in [0.3, 0.4) is 0 Å². The minimum absolute atomic E-state index is 0.00966. The summed E-state index contributed by atoms with van der Waals surface area (Å²) in [6.45, 7) is 1.98. The van der Waals surface area contributed by atoms with E-state index in [-0.39, 0.29) is 5.92 Å². The lowest BCUT2D eigenvalue weighted by Crippen LogP contribution is -2.13. The molecule has 0 saturated carbocycles. The molecule has 5 heteroatoms. The van der Waals surface area contributed by atoms with Gasteiger partial charge < -0.3 is 24.1 Å². The molecular formula is C21H28O5. The average Bonchev–Trinajstić information content (AvgIpc) is 2.70. The number of hydrogen-bond acceptors (Lipinski definition) is 5. The number of aliphatic hydroxyl groups excluding tert-OH is 1. The van der Waals surface area contributed by atoms with E-state index in [1.54, 1.807) is 28.4 Å². The van der Waals surface area contributed by atoms with E-state index >= 15 is 0 Å². The van der Waals surface area contributed by atoms with Gasteiger partial charge in [-0.05, 0) is 48.2 Å². The largest absolute Gasteiger partial charge is 0.493 e. The normalized spacial score (nSPS) is 12.0. The van der Waals surface area contributed by atoms with Crippen LogP contribution >= 0.6 is 0 Å². The Balaban J connectivity index is 2.50. The van der Waals surface area contributed by atoms with E-state index in [9.17, 15) is 5.11 Å². The maximum Gasteiger partial charge on any atom is 0.161 e. The summed E-state index contributed by atoms with van der Waals surface area (Å²) in [5.41, 5.74) is 2.09. The van der Waals surface area contributed by atoms with E-state index in [1.807, 2.05) is 43.3 Å². The highest BCUT2D eigenvalue weighted by Crippen LogP contribution is 2.38. The molecule has 2 rings (SSSR count). The van der Waals surface area contributed by atoms with Crippen molar-refractivity contribution in [1.82, 2.24) is 0 Å². The summed E-state index contributed by atoms with van der Waals surface area (Å²) in [6, 6.07) is 11.7. The standard InChI is InChI=1S/C21H28O5/c1-6-16(22)13-17(14-7-9-18(23-2)20(11-14)25-4)15-8-10-19(24-3)21(12-15)26-5/h7-12,16-17,22H,6,13H2,1-5H3. The second-order valence-corrected chi connectivity index (χ2v) is 6.08. The van der Waals surface area contributed by atoms with Gasteiger partial charge in [0, 0.05) is 5.92 Å². The predicted octanol–water partition coefficient (Wildman–Crippen LogP) is 4.01. The van der Waals surface area contributed by atoms with Crippen LogP contribution in [0.5, 0.6) is 23.0 Å². The predicted molar refractivity (Wildman–Crippen MR) is 102 cm³/mol. The molecule has 0 spiro atoms. The Morgan fingerprint density at radius 1 is 0.731 bits per heavy atom. The summed E-state index contributed by atoms with van der Waals surface area (Å²) in [7, 11) is 6.47. The van der Waals surface area contributed by atoms with Gasteiger partial charge in [-0.15, -0.1) is 0 Å². The van der Waals surface area contributed by atoms with Crippen molar-refractivity contribution in [2.45, 2.75) is 31.8 Å². The molecule has 2 aromatic carbocycles.